The molecule has 0 radical (unpaired) electrons. The van der Waals surface area contributed by atoms with Crippen LogP contribution in [-0.2, 0) is 11.2 Å². The van der Waals surface area contributed by atoms with Gasteiger partial charge in [-0.2, -0.15) is 0 Å². The maximum absolute atomic E-state index is 12.7. The summed E-state index contributed by atoms with van der Waals surface area (Å²) in [4.78, 5) is 28.7. The second kappa shape index (κ2) is 8.90. The summed E-state index contributed by atoms with van der Waals surface area (Å²) in [5.41, 5.74) is 3.06. The van der Waals surface area contributed by atoms with Crippen LogP contribution in [0.3, 0.4) is 0 Å². The minimum absolute atomic E-state index is 0.00961. The summed E-state index contributed by atoms with van der Waals surface area (Å²) in [7, 11) is 1.34. The number of esters is 1. The Labute approximate surface area is 158 Å². The number of hydrogen-bond acceptors (Lipinski definition) is 4. The fraction of sp³-hybridized carbons (Fsp3) is 0.174. The van der Waals surface area contributed by atoms with Gasteiger partial charge >= 0.3 is 5.97 Å². The van der Waals surface area contributed by atoms with E-state index in [2.05, 4.69) is 4.98 Å². The second-order valence-corrected chi connectivity index (χ2v) is 6.33. The average Bonchev–Trinajstić information content (AvgIpc) is 2.74. The fourth-order valence-electron chi connectivity index (χ4n) is 3.04. The lowest BCUT2D eigenvalue weighted by molar-refractivity contribution is 0.0600. The Morgan fingerprint density at radius 2 is 1.56 bits per heavy atom. The van der Waals surface area contributed by atoms with Gasteiger partial charge in [0.25, 0.3) is 0 Å². The molecule has 1 heterocycles. The summed E-state index contributed by atoms with van der Waals surface area (Å²) >= 11 is 0. The van der Waals surface area contributed by atoms with E-state index >= 15 is 0 Å². The third-order valence-corrected chi connectivity index (χ3v) is 4.50. The van der Waals surface area contributed by atoms with Crippen molar-refractivity contribution in [3.05, 3.63) is 101 Å². The van der Waals surface area contributed by atoms with Crippen LogP contribution >= 0.6 is 0 Å². The van der Waals surface area contributed by atoms with Crippen molar-refractivity contribution in [2.75, 3.05) is 7.11 Å². The van der Waals surface area contributed by atoms with Gasteiger partial charge in [0.1, 0.15) is 0 Å². The van der Waals surface area contributed by atoms with Gasteiger partial charge in [-0.1, -0.05) is 60.7 Å². The zero-order valence-corrected chi connectivity index (χ0v) is 15.2. The van der Waals surface area contributed by atoms with Gasteiger partial charge in [0.15, 0.2) is 5.78 Å². The molecule has 1 atom stereocenters. The first-order valence-electron chi connectivity index (χ1n) is 8.84. The molecule has 0 aliphatic rings. The first-order valence-corrected chi connectivity index (χ1v) is 8.84. The lowest BCUT2D eigenvalue weighted by Gasteiger charge is -2.17. The third kappa shape index (κ3) is 4.88. The quantitative estimate of drug-likeness (QED) is 0.461. The Hall–Kier alpha value is -3.27. The summed E-state index contributed by atoms with van der Waals surface area (Å²) in [6, 6.07) is 22.8. The van der Waals surface area contributed by atoms with Crippen LogP contribution in [0.2, 0.25) is 0 Å². The number of carbonyl (C=O) groups excluding carboxylic acids is 2. The highest BCUT2D eigenvalue weighted by atomic mass is 16.5. The Balaban J connectivity index is 1.80. The van der Waals surface area contributed by atoms with Crippen molar-refractivity contribution in [1.82, 2.24) is 4.98 Å². The predicted molar refractivity (Wildman–Crippen MR) is 104 cm³/mol. The topological polar surface area (TPSA) is 56.3 Å². The van der Waals surface area contributed by atoms with Gasteiger partial charge in [-0.05, 0) is 30.0 Å². The fourth-order valence-corrected chi connectivity index (χ4v) is 3.04. The average molecular weight is 359 g/mol. The number of Topliss-reactive ketones (excluding diaryl/α,β-unsaturated/α-hetero) is 1. The van der Waals surface area contributed by atoms with Crippen molar-refractivity contribution in [2.24, 2.45) is 0 Å². The summed E-state index contributed by atoms with van der Waals surface area (Å²) in [5.74, 6) is -0.293. The number of rotatable bonds is 7. The molecule has 0 fully saturated rings. The van der Waals surface area contributed by atoms with E-state index < -0.39 is 5.97 Å². The molecule has 0 saturated heterocycles. The SMILES string of the molecule is COC(=O)c1ccc(CC(CC(=O)c2ccccc2)c2ccccc2)nc1. The van der Waals surface area contributed by atoms with E-state index in [9.17, 15) is 9.59 Å². The number of ketones is 1. The zero-order valence-electron chi connectivity index (χ0n) is 15.2. The van der Waals surface area contributed by atoms with Crippen LogP contribution in [0.1, 0.15) is 44.3 Å². The Bertz CT molecular complexity index is 890. The number of aromatic nitrogens is 1. The predicted octanol–water partition coefficient (Wildman–Crippen LogP) is 4.47. The van der Waals surface area contributed by atoms with E-state index in [0.29, 0.717) is 24.0 Å². The lowest BCUT2D eigenvalue weighted by Crippen LogP contribution is -2.11. The molecule has 0 N–H and O–H groups in total. The maximum atomic E-state index is 12.7. The first kappa shape index (κ1) is 18.5. The van der Waals surface area contributed by atoms with Crippen molar-refractivity contribution < 1.29 is 14.3 Å². The van der Waals surface area contributed by atoms with Crippen molar-refractivity contribution >= 4 is 11.8 Å². The van der Waals surface area contributed by atoms with Crippen LogP contribution in [0.25, 0.3) is 0 Å². The van der Waals surface area contributed by atoms with Crippen molar-refractivity contribution in [1.29, 1.82) is 0 Å². The van der Waals surface area contributed by atoms with E-state index in [0.717, 1.165) is 11.3 Å². The van der Waals surface area contributed by atoms with E-state index in [1.807, 2.05) is 66.7 Å². The highest BCUT2D eigenvalue weighted by molar-refractivity contribution is 5.96. The van der Waals surface area contributed by atoms with Crippen LogP contribution in [0.15, 0.2) is 79.0 Å². The number of pyridine rings is 1. The molecule has 0 aliphatic heterocycles. The van der Waals surface area contributed by atoms with Crippen LogP contribution < -0.4 is 0 Å². The molecule has 0 saturated carbocycles. The molecule has 0 aliphatic carbocycles. The number of methoxy groups -OCH3 is 1. The standard InChI is InChI=1S/C23H21NO3/c1-27-23(26)19-12-13-21(24-16-19)14-20(17-8-4-2-5-9-17)15-22(25)18-10-6-3-7-11-18/h2-13,16,20H,14-15H2,1H3. The van der Waals surface area contributed by atoms with Gasteiger partial charge in [0.2, 0.25) is 0 Å². The Kier molecular flexibility index (Phi) is 6.10. The highest BCUT2D eigenvalue weighted by Crippen LogP contribution is 2.25. The highest BCUT2D eigenvalue weighted by Gasteiger charge is 2.18. The van der Waals surface area contributed by atoms with Crippen LogP contribution in [0.4, 0.5) is 0 Å². The van der Waals surface area contributed by atoms with Crippen LogP contribution in [0.5, 0.6) is 0 Å². The molecule has 2 aromatic carbocycles. The molecule has 1 aromatic heterocycles. The molecule has 0 bridgehead atoms. The van der Waals surface area contributed by atoms with Crippen molar-refractivity contribution in [3.63, 3.8) is 0 Å². The largest absolute Gasteiger partial charge is 0.465 e. The Morgan fingerprint density at radius 1 is 0.889 bits per heavy atom. The Morgan fingerprint density at radius 3 is 2.15 bits per heavy atom. The maximum Gasteiger partial charge on any atom is 0.339 e. The van der Waals surface area contributed by atoms with Gasteiger partial charge in [-0.15, -0.1) is 0 Å². The normalized spacial score (nSPS) is 11.6. The van der Waals surface area contributed by atoms with E-state index in [-0.39, 0.29) is 11.7 Å². The molecular weight excluding hydrogens is 338 g/mol. The molecule has 1 unspecified atom stereocenters. The molecule has 3 rings (SSSR count). The molecule has 4 heteroatoms. The number of carbonyl (C=O) groups is 2. The van der Waals surface area contributed by atoms with Crippen molar-refractivity contribution in [2.45, 2.75) is 18.8 Å². The third-order valence-electron chi connectivity index (χ3n) is 4.50. The molecule has 4 nitrogen and oxygen atoms in total. The van der Waals surface area contributed by atoms with Crippen LogP contribution in [0, 0.1) is 0 Å². The summed E-state index contributed by atoms with van der Waals surface area (Å²) in [6.07, 6.45) is 2.53. The minimum atomic E-state index is -0.409. The monoisotopic (exact) mass is 359 g/mol. The van der Waals surface area contributed by atoms with Gasteiger partial charge in [-0.25, -0.2) is 4.79 Å². The molecule has 0 amide bonds. The van der Waals surface area contributed by atoms with Gasteiger partial charge in [0.05, 0.1) is 12.7 Å². The first-order chi connectivity index (χ1) is 13.2. The summed E-state index contributed by atoms with van der Waals surface area (Å²) in [6.45, 7) is 0. The minimum Gasteiger partial charge on any atom is -0.465 e. The number of nitrogens with zero attached hydrogens (tertiary/aromatic N) is 1. The molecule has 3 aromatic rings. The van der Waals surface area contributed by atoms with Crippen LogP contribution in [-0.4, -0.2) is 23.8 Å². The molecule has 136 valence electrons. The summed E-state index contributed by atoms with van der Waals surface area (Å²) < 4.78 is 4.70. The number of benzene rings is 2. The number of ether oxygens (including phenoxy) is 1. The smallest absolute Gasteiger partial charge is 0.339 e. The zero-order chi connectivity index (χ0) is 19.1. The summed E-state index contributed by atoms with van der Waals surface area (Å²) in [5, 5.41) is 0. The van der Waals surface area contributed by atoms with Gasteiger partial charge < -0.3 is 4.74 Å². The van der Waals surface area contributed by atoms with E-state index in [1.165, 1.54) is 13.3 Å². The number of hydrogen-bond donors (Lipinski definition) is 0. The van der Waals surface area contributed by atoms with E-state index in [1.54, 1.807) is 6.07 Å². The van der Waals surface area contributed by atoms with Crippen molar-refractivity contribution in [3.8, 4) is 0 Å². The van der Waals surface area contributed by atoms with Gasteiger partial charge in [0, 0.05) is 23.9 Å². The lowest BCUT2D eigenvalue weighted by atomic mass is 9.88. The molecular formula is C23H21NO3. The van der Waals surface area contributed by atoms with E-state index in [4.69, 9.17) is 4.74 Å². The second-order valence-electron chi connectivity index (χ2n) is 6.33. The molecule has 27 heavy (non-hydrogen) atoms. The van der Waals surface area contributed by atoms with Gasteiger partial charge in [-0.3, -0.25) is 9.78 Å². The molecule has 0 spiro atoms.